The van der Waals surface area contributed by atoms with Crippen molar-refractivity contribution < 1.29 is 24.2 Å². The van der Waals surface area contributed by atoms with E-state index in [2.05, 4.69) is 4.99 Å². The zero-order chi connectivity index (χ0) is 16.9. The third-order valence-corrected chi connectivity index (χ3v) is 3.01. The maximum absolute atomic E-state index is 11.8. The predicted octanol–water partition coefficient (Wildman–Crippen LogP) is 2.90. The zero-order valence-corrected chi connectivity index (χ0v) is 13.1. The minimum Gasteiger partial charge on any atom is -0.478 e. The van der Waals surface area contributed by atoms with E-state index in [4.69, 9.17) is 21.4 Å². The van der Waals surface area contributed by atoms with Gasteiger partial charge in [0.15, 0.2) is 5.92 Å². The first-order valence-corrected chi connectivity index (χ1v) is 6.88. The van der Waals surface area contributed by atoms with Crippen molar-refractivity contribution in [1.29, 1.82) is 0 Å². The maximum Gasteiger partial charge on any atom is 0.337 e. The lowest BCUT2D eigenvalue weighted by Crippen LogP contribution is -2.27. The van der Waals surface area contributed by atoms with E-state index in [0.717, 1.165) is 6.21 Å². The highest BCUT2D eigenvalue weighted by Gasteiger charge is 2.24. The number of carboxylic acid groups (broad SMARTS) is 1. The Balaban J connectivity index is 3.07. The fourth-order valence-corrected chi connectivity index (χ4v) is 1.83. The van der Waals surface area contributed by atoms with Gasteiger partial charge in [-0.1, -0.05) is 17.7 Å². The van der Waals surface area contributed by atoms with E-state index in [1.54, 1.807) is 13.8 Å². The number of hydrogen-bond donors (Lipinski definition) is 1. The van der Waals surface area contributed by atoms with Gasteiger partial charge in [-0.2, -0.15) is 0 Å². The average Bonchev–Trinajstić information content (AvgIpc) is 2.39. The number of carbonyl (C=O) groups is 3. The van der Waals surface area contributed by atoms with Crippen molar-refractivity contribution in [2.24, 2.45) is 10.9 Å². The normalized spacial score (nSPS) is 12.4. The Kier molecular flexibility index (Phi) is 6.24. The van der Waals surface area contributed by atoms with Gasteiger partial charge in [-0.05, 0) is 32.9 Å². The Labute approximate surface area is 132 Å². The Bertz CT molecular complexity index is 624. The van der Waals surface area contributed by atoms with Gasteiger partial charge < -0.3 is 9.84 Å². The topological polar surface area (TPSA) is 93.0 Å². The van der Waals surface area contributed by atoms with Gasteiger partial charge in [0.1, 0.15) is 5.78 Å². The first-order chi connectivity index (χ1) is 10.2. The first kappa shape index (κ1) is 17.8. The fraction of sp³-hybridized carbons (Fsp3) is 0.333. The van der Waals surface area contributed by atoms with Crippen molar-refractivity contribution in [3.63, 3.8) is 0 Å². The molecule has 0 fully saturated rings. The number of aromatic carboxylic acids is 1. The second-order valence-electron chi connectivity index (χ2n) is 4.80. The summed E-state index contributed by atoms with van der Waals surface area (Å²) in [5, 5.41) is 8.91. The molecule has 0 radical (unpaired) electrons. The van der Waals surface area contributed by atoms with Crippen molar-refractivity contribution >= 4 is 41.2 Å². The minimum absolute atomic E-state index is 0.0641. The van der Waals surface area contributed by atoms with Gasteiger partial charge >= 0.3 is 11.9 Å². The van der Waals surface area contributed by atoms with Crippen LogP contribution in [0.3, 0.4) is 0 Å². The van der Waals surface area contributed by atoms with Gasteiger partial charge in [0, 0.05) is 6.21 Å². The number of rotatable bonds is 6. The van der Waals surface area contributed by atoms with Gasteiger partial charge in [0.05, 0.1) is 22.4 Å². The molecule has 0 saturated carbocycles. The zero-order valence-electron chi connectivity index (χ0n) is 12.4. The quantitative estimate of drug-likeness (QED) is 0.493. The van der Waals surface area contributed by atoms with Crippen molar-refractivity contribution in [3.8, 4) is 0 Å². The minimum atomic E-state index is -1.19. The van der Waals surface area contributed by atoms with Crippen LogP contribution in [0.1, 0.15) is 31.1 Å². The van der Waals surface area contributed by atoms with E-state index in [1.165, 1.54) is 25.1 Å². The summed E-state index contributed by atoms with van der Waals surface area (Å²) in [6.45, 7) is 4.58. The number of benzene rings is 1. The Morgan fingerprint density at radius 1 is 1.32 bits per heavy atom. The molecule has 0 aliphatic carbocycles. The average molecular weight is 326 g/mol. The summed E-state index contributed by atoms with van der Waals surface area (Å²) in [6, 6.07) is 4.28. The highest BCUT2D eigenvalue weighted by atomic mass is 35.5. The summed E-state index contributed by atoms with van der Waals surface area (Å²) in [5.41, 5.74) is 0.0469. The number of carboxylic acids is 1. The molecular formula is C15H16ClNO5. The second-order valence-corrected chi connectivity index (χ2v) is 5.17. The van der Waals surface area contributed by atoms with Gasteiger partial charge in [-0.15, -0.1) is 0 Å². The van der Waals surface area contributed by atoms with Gasteiger partial charge in [0.2, 0.25) is 0 Å². The van der Waals surface area contributed by atoms with Crippen molar-refractivity contribution in [1.82, 2.24) is 0 Å². The molecule has 22 heavy (non-hydrogen) atoms. The molecule has 0 aliphatic rings. The fourth-order valence-electron chi connectivity index (χ4n) is 1.58. The molecule has 1 unspecified atom stereocenters. The first-order valence-electron chi connectivity index (χ1n) is 6.51. The van der Waals surface area contributed by atoms with Crippen LogP contribution in [0.4, 0.5) is 5.69 Å². The number of esters is 1. The van der Waals surface area contributed by atoms with E-state index in [1.807, 2.05) is 0 Å². The smallest absolute Gasteiger partial charge is 0.337 e. The van der Waals surface area contributed by atoms with Crippen LogP contribution in [0.5, 0.6) is 0 Å². The van der Waals surface area contributed by atoms with Crippen LogP contribution in [0.25, 0.3) is 0 Å². The number of ketones is 1. The highest BCUT2D eigenvalue weighted by molar-refractivity contribution is 6.36. The Morgan fingerprint density at radius 2 is 1.95 bits per heavy atom. The SMILES string of the molecule is CC(=O)C(C=Nc1cccc(C(=O)O)c1Cl)C(=O)OC(C)C. The summed E-state index contributed by atoms with van der Waals surface area (Å²) in [4.78, 5) is 38.3. The molecule has 0 saturated heterocycles. The van der Waals surface area contributed by atoms with E-state index < -0.39 is 23.6 Å². The number of carbonyl (C=O) groups excluding carboxylic acids is 2. The molecular weight excluding hydrogens is 310 g/mol. The van der Waals surface area contributed by atoms with Gasteiger partial charge in [0.25, 0.3) is 0 Å². The molecule has 1 N–H and O–H groups in total. The third-order valence-electron chi connectivity index (χ3n) is 2.62. The third kappa shape index (κ3) is 4.66. The van der Waals surface area contributed by atoms with Crippen molar-refractivity contribution in [3.05, 3.63) is 28.8 Å². The summed E-state index contributed by atoms with van der Waals surface area (Å²) in [6.07, 6.45) is 0.751. The molecule has 7 heteroatoms. The molecule has 0 heterocycles. The van der Waals surface area contributed by atoms with Gasteiger partial charge in [-0.25, -0.2) is 4.79 Å². The molecule has 0 amide bonds. The Morgan fingerprint density at radius 3 is 2.45 bits per heavy atom. The molecule has 1 aromatic carbocycles. The number of ether oxygens (including phenoxy) is 1. The van der Waals surface area contributed by atoms with Crippen LogP contribution in [0.15, 0.2) is 23.2 Å². The molecule has 118 valence electrons. The lowest BCUT2D eigenvalue weighted by Gasteiger charge is -2.12. The summed E-state index contributed by atoms with van der Waals surface area (Å²) >= 11 is 5.94. The largest absolute Gasteiger partial charge is 0.478 e. The van der Waals surface area contributed by atoms with Crippen LogP contribution in [-0.4, -0.2) is 35.1 Å². The lowest BCUT2D eigenvalue weighted by molar-refractivity contribution is -0.151. The molecule has 1 aromatic rings. The van der Waals surface area contributed by atoms with Gasteiger partial charge in [-0.3, -0.25) is 14.6 Å². The predicted molar refractivity (Wildman–Crippen MR) is 82.0 cm³/mol. The van der Waals surface area contributed by atoms with Crippen LogP contribution < -0.4 is 0 Å². The monoisotopic (exact) mass is 325 g/mol. The highest BCUT2D eigenvalue weighted by Crippen LogP contribution is 2.28. The number of nitrogens with zero attached hydrogens (tertiary/aromatic N) is 1. The molecule has 0 spiro atoms. The second kappa shape index (κ2) is 7.70. The van der Waals surface area contributed by atoms with Crippen LogP contribution in [0, 0.1) is 5.92 Å². The maximum atomic E-state index is 11.8. The molecule has 1 atom stereocenters. The van der Waals surface area contributed by atoms with E-state index in [9.17, 15) is 14.4 Å². The van der Waals surface area contributed by atoms with E-state index in [0.29, 0.717) is 0 Å². The van der Waals surface area contributed by atoms with E-state index >= 15 is 0 Å². The number of aliphatic imine (C=N–C) groups is 1. The van der Waals surface area contributed by atoms with Crippen molar-refractivity contribution in [2.45, 2.75) is 26.9 Å². The molecule has 0 aliphatic heterocycles. The number of halogens is 1. The molecule has 0 bridgehead atoms. The standard InChI is InChI=1S/C15H16ClNO5/c1-8(2)22-15(21)11(9(3)18)7-17-12-6-4-5-10(13(12)16)14(19)20/h4-8,11H,1-3H3,(H,19,20). The van der Waals surface area contributed by atoms with Crippen molar-refractivity contribution in [2.75, 3.05) is 0 Å². The summed E-state index contributed by atoms with van der Waals surface area (Å²) in [7, 11) is 0. The van der Waals surface area contributed by atoms with Crippen LogP contribution in [0.2, 0.25) is 5.02 Å². The number of hydrogen-bond acceptors (Lipinski definition) is 5. The van der Waals surface area contributed by atoms with E-state index in [-0.39, 0.29) is 22.4 Å². The molecule has 6 nitrogen and oxygen atoms in total. The van der Waals surface area contributed by atoms with Crippen LogP contribution in [-0.2, 0) is 14.3 Å². The summed E-state index contributed by atoms with van der Waals surface area (Å²) < 4.78 is 4.98. The molecule has 0 aromatic heterocycles. The number of Topliss-reactive ketones (excluding diaryl/α,β-unsaturated/α-hetero) is 1. The molecule has 1 rings (SSSR count). The summed E-state index contributed by atoms with van der Waals surface area (Å²) in [5.74, 6) is -3.49. The van der Waals surface area contributed by atoms with Crippen LogP contribution >= 0.6 is 11.6 Å². The Hall–Kier alpha value is -2.21. The lowest BCUT2D eigenvalue weighted by atomic mass is 10.1.